The van der Waals surface area contributed by atoms with Crippen LogP contribution < -0.4 is 4.90 Å². The molecule has 4 rings (SSSR count). The van der Waals surface area contributed by atoms with Crippen LogP contribution in [0, 0.1) is 11.6 Å². The zero-order chi connectivity index (χ0) is 17.9. The fourth-order valence-electron chi connectivity index (χ4n) is 3.10. The molecule has 1 saturated heterocycles. The molecule has 0 bridgehead atoms. The second-order valence-corrected chi connectivity index (χ2v) is 7.34. The van der Waals surface area contributed by atoms with E-state index in [1.807, 2.05) is 18.2 Å². The first-order valence-electron chi connectivity index (χ1n) is 8.63. The van der Waals surface area contributed by atoms with E-state index in [4.69, 9.17) is 0 Å². The highest BCUT2D eigenvalue weighted by molar-refractivity contribution is 7.22. The first kappa shape index (κ1) is 17.1. The third-order valence-electron chi connectivity index (χ3n) is 4.52. The predicted molar refractivity (Wildman–Crippen MR) is 104 cm³/mol. The lowest BCUT2D eigenvalue weighted by Gasteiger charge is -2.33. The lowest BCUT2D eigenvalue weighted by Crippen LogP contribution is -2.46. The lowest BCUT2D eigenvalue weighted by molar-refractivity contribution is 0.284. The third kappa shape index (κ3) is 3.76. The molecule has 26 heavy (non-hydrogen) atoms. The minimum absolute atomic E-state index is 0.264. The summed E-state index contributed by atoms with van der Waals surface area (Å²) in [6.07, 6.45) is 4.32. The van der Waals surface area contributed by atoms with Gasteiger partial charge in [-0.25, -0.2) is 13.8 Å². The number of fused-ring (bicyclic) bond motifs is 1. The molecule has 0 unspecified atom stereocenters. The minimum Gasteiger partial charge on any atom is -0.345 e. The lowest BCUT2D eigenvalue weighted by atomic mass is 10.2. The molecule has 6 heteroatoms. The summed E-state index contributed by atoms with van der Waals surface area (Å²) < 4.78 is 27.8. The summed E-state index contributed by atoms with van der Waals surface area (Å²) >= 11 is 1.35. The highest BCUT2D eigenvalue weighted by atomic mass is 32.1. The standard InChI is InChI=1S/C20H19F2N3S/c21-16-13-17(22)19-18(14-16)26-20(23-19)25-11-9-24(10-12-25)8-4-7-15-5-2-1-3-6-15/h1-7,13-14H,8-12H2/b7-4+. The van der Waals surface area contributed by atoms with Gasteiger partial charge in [0.2, 0.25) is 0 Å². The second-order valence-electron chi connectivity index (χ2n) is 6.33. The number of benzene rings is 2. The van der Waals surface area contributed by atoms with Crippen LogP contribution in [0.1, 0.15) is 5.56 Å². The Morgan fingerprint density at radius 1 is 1.04 bits per heavy atom. The Labute approximate surface area is 155 Å². The van der Waals surface area contributed by atoms with Crippen molar-refractivity contribution >= 4 is 32.8 Å². The largest absolute Gasteiger partial charge is 0.345 e. The first-order valence-corrected chi connectivity index (χ1v) is 9.45. The quantitative estimate of drug-likeness (QED) is 0.677. The molecule has 2 heterocycles. The van der Waals surface area contributed by atoms with Crippen molar-refractivity contribution in [2.75, 3.05) is 37.6 Å². The van der Waals surface area contributed by atoms with Gasteiger partial charge in [-0.05, 0) is 11.6 Å². The molecule has 134 valence electrons. The van der Waals surface area contributed by atoms with E-state index in [1.54, 1.807) is 0 Å². The first-order chi connectivity index (χ1) is 12.7. The molecule has 1 aromatic heterocycles. The van der Waals surface area contributed by atoms with Crippen LogP contribution in [0.4, 0.5) is 13.9 Å². The molecule has 0 N–H and O–H groups in total. The van der Waals surface area contributed by atoms with E-state index in [0.29, 0.717) is 4.70 Å². The van der Waals surface area contributed by atoms with Crippen molar-refractivity contribution in [1.82, 2.24) is 9.88 Å². The summed E-state index contributed by atoms with van der Waals surface area (Å²) in [6.45, 7) is 4.42. The fraction of sp³-hybridized carbons (Fsp3) is 0.250. The van der Waals surface area contributed by atoms with Crippen LogP contribution in [0.25, 0.3) is 16.3 Å². The van der Waals surface area contributed by atoms with Crippen LogP contribution in [-0.4, -0.2) is 42.6 Å². The SMILES string of the molecule is Fc1cc(F)c2nc(N3CCN(C/C=C/c4ccccc4)CC3)sc2c1. The second kappa shape index (κ2) is 7.51. The van der Waals surface area contributed by atoms with E-state index in [-0.39, 0.29) is 5.52 Å². The summed E-state index contributed by atoms with van der Waals surface area (Å²) in [7, 11) is 0. The number of piperazine rings is 1. The van der Waals surface area contributed by atoms with Crippen molar-refractivity contribution in [3.63, 3.8) is 0 Å². The molecular formula is C20H19F2N3S. The number of rotatable bonds is 4. The van der Waals surface area contributed by atoms with Gasteiger partial charge in [0.15, 0.2) is 10.9 Å². The van der Waals surface area contributed by atoms with Gasteiger partial charge in [0.05, 0.1) is 4.70 Å². The normalized spacial score (nSPS) is 16.0. The van der Waals surface area contributed by atoms with Crippen LogP contribution >= 0.6 is 11.3 Å². The van der Waals surface area contributed by atoms with Gasteiger partial charge in [-0.1, -0.05) is 53.8 Å². The maximum Gasteiger partial charge on any atom is 0.186 e. The number of hydrogen-bond acceptors (Lipinski definition) is 4. The molecule has 0 spiro atoms. The molecule has 2 aromatic carbocycles. The molecule has 1 fully saturated rings. The Balaban J connectivity index is 1.36. The van der Waals surface area contributed by atoms with E-state index >= 15 is 0 Å². The van der Waals surface area contributed by atoms with E-state index in [2.05, 4.69) is 39.1 Å². The number of halogens is 2. The van der Waals surface area contributed by atoms with Crippen molar-refractivity contribution < 1.29 is 8.78 Å². The molecular weight excluding hydrogens is 352 g/mol. The van der Waals surface area contributed by atoms with Gasteiger partial charge in [-0.3, -0.25) is 4.90 Å². The summed E-state index contributed by atoms with van der Waals surface area (Å²) in [4.78, 5) is 8.90. The van der Waals surface area contributed by atoms with Gasteiger partial charge in [-0.15, -0.1) is 0 Å². The monoisotopic (exact) mass is 371 g/mol. The fourth-order valence-corrected chi connectivity index (χ4v) is 4.16. The van der Waals surface area contributed by atoms with Gasteiger partial charge in [-0.2, -0.15) is 0 Å². The number of thiazole rings is 1. The molecule has 3 aromatic rings. The van der Waals surface area contributed by atoms with Crippen LogP contribution in [0.3, 0.4) is 0 Å². The Kier molecular flexibility index (Phi) is 4.95. The summed E-state index contributed by atoms with van der Waals surface area (Å²) in [5.41, 5.74) is 1.47. The zero-order valence-corrected chi connectivity index (χ0v) is 15.1. The van der Waals surface area contributed by atoms with Crippen LogP contribution in [0.15, 0.2) is 48.5 Å². The van der Waals surface area contributed by atoms with Crippen LogP contribution in [0.5, 0.6) is 0 Å². The topological polar surface area (TPSA) is 19.4 Å². The molecule has 0 amide bonds. The van der Waals surface area contributed by atoms with Crippen molar-refractivity contribution in [2.24, 2.45) is 0 Å². The van der Waals surface area contributed by atoms with Gasteiger partial charge < -0.3 is 4.90 Å². The Morgan fingerprint density at radius 3 is 2.58 bits per heavy atom. The molecule has 3 nitrogen and oxygen atoms in total. The van der Waals surface area contributed by atoms with Gasteiger partial charge in [0, 0.05) is 38.8 Å². The van der Waals surface area contributed by atoms with Crippen molar-refractivity contribution in [2.45, 2.75) is 0 Å². The number of hydrogen-bond donors (Lipinski definition) is 0. The smallest absolute Gasteiger partial charge is 0.186 e. The van der Waals surface area contributed by atoms with Gasteiger partial charge in [0.25, 0.3) is 0 Å². The maximum atomic E-state index is 13.8. The van der Waals surface area contributed by atoms with E-state index < -0.39 is 11.6 Å². The highest BCUT2D eigenvalue weighted by Crippen LogP contribution is 2.31. The summed E-state index contributed by atoms with van der Waals surface area (Å²) in [6, 6.07) is 12.5. The van der Waals surface area contributed by atoms with Crippen molar-refractivity contribution in [3.05, 3.63) is 65.7 Å². The van der Waals surface area contributed by atoms with Crippen molar-refractivity contribution in [1.29, 1.82) is 0 Å². The highest BCUT2D eigenvalue weighted by Gasteiger charge is 2.20. The third-order valence-corrected chi connectivity index (χ3v) is 5.58. The van der Waals surface area contributed by atoms with E-state index in [0.717, 1.165) is 43.9 Å². The summed E-state index contributed by atoms with van der Waals surface area (Å²) in [5.74, 6) is -1.15. The van der Waals surface area contributed by atoms with E-state index in [1.165, 1.54) is 23.0 Å². The molecule has 1 aliphatic heterocycles. The van der Waals surface area contributed by atoms with Crippen LogP contribution in [-0.2, 0) is 0 Å². The van der Waals surface area contributed by atoms with E-state index in [9.17, 15) is 8.78 Å². The molecule has 0 atom stereocenters. The Morgan fingerprint density at radius 2 is 1.81 bits per heavy atom. The van der Waals surface area contributed by atoms with Gasteiger partial charge in [0.1, 0.15) is 11.3 Å². The zero-order valence-electron chi connectivity index (χ0n) is 14.2. The number of aromatic nitrogens is 1. The predicted octanol–water partition coefficient (Wildman–Crippen LogP) is 4.41. The average Bonchev–Trinajstić information content (AvgIpc) is 3.07. The molecule has 0 saturated carbocycles. The maximum absolute atomic E-state index is 13.8. The van der Waals surface area contributed by atoms with Gasteiger partial charge >= 0.3 is 0 Å². The minimum atomic E-state index is -0.591. The van der Waals surface area contributed by atoms with Crippen LogP contribution in [0.2, 0.25) is 0 Å². The summed E-state index contributed by atoms with van der Waals surface area (Å²) in [5, 5.41) is 0.768. The Hall–Kier alpha value is -2.31. The average molecular weight is 371 g/mol. The molecule has 0 radical (unpaired) electrons. The number of nitrogens with zero attached hydrogens (tertiary/aromatic N) is 3. The number of anilines is 1. The molecule has 1 aliphatic rings. The van der Waals surface area contributed by atoms with Crippen molar-refractivity contribution in [3.8, 4) is 0 Å². The Bertz CT molecular complexity index is 915. The molecule has 0 aliphatic carbocycles.